The summed E-state index contributed by atoms with van der Waals surface area (Å²) in [7, 11) is 0. The van der Waals surface area contributed by atoms with Crippen LogP contribution in [0, 0.1) is 13.8 Å². The number of benzene rings is 2. The lowest BCUT2D eigenvalue weighted by molar-refractivity contribution is -0.120. The molecule has 1 aromatic heterocycles. The third-order valence-corrected chi connectivity index (χ3v) is 5.28. The van der Waals surface area contributed by atoms with E-state index < -0.39 is 0 Å². The Morgan fingerprint density at radius 3 is 2.26 bits per heavy atom. The number of hydrogen-bond acceptors (Lipinski definition) is 2. The van der Waals surface area contributed by atoms with Crippen molar-refractivity contribution in [2.75, 3.05) is 0 Å². The minimum atomic E-state index is -0.143. The van der Waals surface area contributed by atoms with Crippen LogP contribution in [-0.4, -0.2) is 16.7 Å². The second-order valence-electron chi connectivity index (χ2n) is 6.23. The molecule has 4 nitrogen and oxygen atoms in total. The van der Waals surface area contributed by atoms with E-state index in [0.29, 0.717) is 6.42 Å². The Morgan fingerprint density at radius 2 is 1.63 bits per heavy atom. The van der Waals surface area contributed by atoms with Crippen molar-refractivity contribution >= 4 is 44.0 Å². The van der Waals surface area contributed by atoms with Gasteiger partial charge in [-0.15, -0.1) is 0 Å². The highest BCUT2D eigenvalue weighted by Gasteiger charge is 2.09. The zero-order valence-corrected chi connectivity index (χ0v) is 18.2. The number of nitrogens with one attached hydrogen (secondary N) is 1. The lowest BCUT2D eigenvalue weighted by atomic mass is 10.1. The van der Waals surface area contributed by atoms with Gasteiger partial charge in [-0.2, -0.15) is 5.10 Å². The maximum atomic E-state index is 12.1. The van der Waals surface area contributed by atoms with Crippen LogP contribution in [0.25, 0.3) is 5.69 Å². The van der Waals surface area contributed by atoms with Crippen LogP contribution in [0.5, 0.6) is 0 Å². The molecule has 3 rings (SSSR count). The van der Waals surface area contributed by atoms with Gasteiger partial charge in [0.1, 0.15) is 0 Å². The number of rotatable bonds is 5. The van der Waals surface area contributed by atoms with Gasteiger partial charge in [0.05, 0.1) is 12.6 Å². The van der Waals surface area contributed by atoms with Crippen LogP contribution in [0.3, 0.4) is 0 Å². The lowest BCUT2D eigenvalue weighted by Gasteiger charge is -2.09. The van der Waals surface area contributed by atoms with E-state index >= 15 is 0 Å². The second kappa shape index (κ2) is 8.67. The number of hydrogen-bond donors (Lipinski definition) is 1. The molecular weight excluding hydrogens is 470 g/mol. The van der Waals surface area contributed by atoms with Gasteiger partial charge < -0.3 is 4.57 Å². The molecular formula is C21H19Br2N3O. The number of carbonyl (C=O) groups is 1. The average molecular weight is 489 g/mol. The molecule has 27 heavy (non-hydrogen) atoms. The van der Waals surface area contributed by atoms with E-state index in [0.717, 1.165) is 37.1 Å². The highest BCUT2D eigenvalue weighted by Crippen LogP contribution is 2.21. The van der Waals surface area contributed by atoms with Crippen LogP contribution in [0.2, 0.25) is 0 Å². The van der Waals surface area contributed by atoms with Gasteiger partial charge >= 0.3 is 0 Å². The monoisotopic (exact) mass is 487 g/mol. The Bertz CT molecular complexity index is 974. The van der Waals surface area contributed by atoms with Crippen molar-refractivity contribution in [3.05, 3.63) is 86.1 Å². The van der Waals surface area contributed by atoms with Gasteiger partial charge in [0, 0.05) is 31.6 Å². The van der Waals surface area contributed by atoms with Gasteiger partial charge in [0.25, 0.3) is 0 Å². The fraction of sp³-hybridized carbons (Fsp3) is 0.143. The fourth-order valence-corrected chi connectivity index (χ4v) is 3.44. The molecule has 0 spiro atoms. The van der Waals surface area contributed by atoms with Gasteiger partial charge in [-0.05, 0) is 61.9 Å². The standard InChI is InChI=1S/C21H19Br2N3O/c1-14-11-17(15(2)26(14)20-9-7-19(23)8-10-20)13-24-25-21(27)12-16-3-5-18(22)6-4-16/h3-11,13H,12H2,1-2H3,(H,25,27)/b24-13+. The van der Waals surface area contributed by atoms with E-state index in [1.807, 2.05) is 43.3 Å². The first-order valence-electron chi connectivity index (χ1n) is 8.45. The average Bonchev–Trinajstić information content (AvgIpc) is 2.92. The first kappa shape index (κ1) is 19.6. The number of halogens is 2. The van der Waals surface area contributed by atoms with Gasteiger partial charge in [0.2, 0.25) is 5.91 Å². The van der Waals surface area contributed by atoms with Crippen LogP contribution in [-0.2, 0) is 11.2 Å². The lowest BCUT2D eigenvalue weighted by Crippen LogP contribution is -2.19. The normalized spacial score (nSPS) is 11.1. The maximum absolute atomic E-state index is 12.1. The molecule has 0 saturated carbocycles. The molecule has 0 aliphatic rings. The van der Waals surface area contributed by atoms with Gasteiger partial charge in [-0.3, -0.25) is 4.79 Å². The first-order valence-corrected chi connectivity index (χ1v) is 10.0. The zero-order chi connectivity index (χ0) is 19.4. The van der Waals surface area contributed by atoms with Crippen molar-refractivity contribution < 1.29 is 4.79 Å². The smallest absolute Gasteiger partial charge is 0.244 e. The molecule has 1 N–H and O–H groups in total. The van der Waals surface area contributed by atoms with Crippen LogP contribution in [0.15, 0.2) is 68.6 Å². The molecule has 0 aliphatic carbocycles. The summed E-state index contributed by atoms with van der Waals surface area (Å²) in [6.45, 7) is 4.10. The molecule has 0 aliphatic heterocycles. The Labute approximate surface area is 175 Å². The number of nitrogens with zero attached hydrogens (tertiary/aromatic N) is 2. The van der Waals surface area contributed by atoms with E-state index in [2.05, 4.69) is 72.1 Å². The largest absolute Gasteiger partial charge is 0.318 e. The fourth-order valence-electron chi connectivity index (χ4n) is 2.91. The molecule has 1 heterocycles. The molecule has 6 heteroatoms. The highest BCUT2D eigenvalue weighted by molar-refractivity contribution is 9.10. The SMILES string of the molecule is Cc1cc(/C=N/NC(=O)Cc2ccc(Br)cc2)c(C)n1-c1ccc(Br)cc1. The van der Waals surface area contributed by atoms with Gasteiger partial charge in [-0.25, -0.2) is 5.43 Å². The molecule has 0 radical (unpaired) electrons. The maximum Gasteiger partial charge on any atom is 0.244 e. The molecule has 0 atom stereocenters. The molecule has 0 unspecified atom stereocenters. The number of aryl methyl sites for hydroxylation is 1. The number of amides is 1. The summed E-state index contributed by atoms with van der Waals surface area (Å²) >= 11 is 6.85. The minimum Gasteiger partial charge on any atom is -0.318 e. The van der Waals surface area contributed by atoms with Crippen LogP contribution in [0.1, 0.15) is 22.5 Å². The number of aromatic nitrogens is 1. The summed E-state index contributed by atoms with van der Waals surface area (Å²) in [5, 5.41) is 4.12. The van der Waals surface area contributed by atoms with Crippen molar-refractivity contribution in [1.82, 2.24) is 9.99 Å². The third kappa shape index (κ3) is 4.96. The molecule has 0 bridgehead atoms. The predicted octanol–water partition coefficient (Wildman–Crippen LogP) is 5.31. The van der Waals surface area contributed by atoms with Crippen molar-refractivity contribution in [3.8, 4) is 5.69 Å². The van der Waals surface area contributed by atoms with E-state index in [-0.39, 0.29) is 5.91 Å². The van der Waals surface area contributed by atoms with E-state index in [1.165, 1.54) is 0 Å². The van der Waals surface area contributed by atoms with E-state index in [4.69, 9.17) is 0 Å². The van der Waals surface area contributed by atoms with Crippen molar-refractivity contribution in [3.63, 3.8) is 0 Å². The second-order valence-corrected chi connectivity index (χ2v) is 8.07. The molecule has 0 saturated heterocycles. The zero-order valence-electron chi connectivity index (χ0n) is 15.0. The van der Waals surface area contributed by atoms with Crippen LogP contribution >= 0.6 is 31.9 Å². The Hall–Kier alpha value is -2.18. The summed E-state index contributed by atoms with van der Waals surface area (Å²) in [6.07, 6.45) is 1.99. The Morgan fingerprint density at radius 1 is 1.04 bits per heavy atom. The Kier molecular flexibility index (Phi) is 6.29. The van der Waals surface area contributed by atoms with E-state index in [9.17, 15) is 4.79 Å². The Balaban J connectivity index is 1.68. The molecule has 3 aromatic rings. The molecule has 1 amide bonds. The van der Waals surface area contributed by atoms with E-state index in [1.54, 1.807) is 6.21 Å². The number of carbonyl (C=O) groups excluding carboxylic acids is 1. The third-order valence-electron chi connectivity index (χ3n) is 4.23. The summed E-state index contributed by atoms with van der Waals surface area (Å²) in [5.41, 5.74) is 7.79. The van der Waals surface area contributed by atoms with Crippen LogP contribution in [0.4, 0.5) is 0 Å². The van der Waals surface area contributed by atoms with Crippen molar-refractivity contribution in [2.24, 2.45) is 5.10 Å². The van der Waals surface area contributed by atoms with Crippen molar-refractivity contribution in [2.45, 2.75) is 20.3 Å². The van der Waals surface area contributed by atoms with Crippen molar-refractivity contribution in [1.29, 1.82) is 0 Å². The molecule has 2 aromatic carbocycles. The quantitative estimate of drug-likeness (QED) is 0.383. The summed E-state index contributed by atoms with van der Waals surface area (Å²) < 4.78 is 4.20. The predicted molar refractivity (Wildman–Crippen MR) is 117 cm³/mol. The topological polar surface area (TPSA) is 46.4 Å². The highest BCUT2D eigenvalue weighted by atomic mass is 79.9. The summed E-state index contributed by atoms with van der Waals surface area (Å²) in [4.78, 5) is 12.1. The van der Waals surface area contributed by atoms with Gasteiger partial charge in [0.15, 0.2) is 0 Å². The molecule has 138 valence electrons. The minimum absolute atomic E-state index is 0.143. The summed E-state index contributed by atoms with van der Waals surface area (Å²) in [5.74, 6) is -0.143. The first-order chi connectivity index (χ1) is 12.9. The number of hydrazone groups is 1. The molecule has 0 fully saturated rings. The van der Waals surface area contributed by atoms with Crippen LogP contribution < -0.4 is 5.43 Å². The summed E-state index contributed by atoms with van der Waals surface area (Å²) in [6, 6.07) is 17.9. The van der Waals surface area contributed by atoms with Gasteiger partial charge in [-0.1, -0.05) is 44.0 Å².